The molecule has 1 saturated heterocycles. The van der Waals surface area contributed by atoms with Gasteiger partial charge >= 0.3 is 11.9 Å². The lowest BCUT2D eigenvalue weighted by atomic mass is 9.76. The number of carbonyl (C=O) groups excluding carboxylic acids is 2. The van der Waals surface area contributed by atoms with Crippen LogP contribution in [0.1, 0.15) is 52.0 Å². The van der Waals surface area contributed by atoms with Crippen LogP contribution in [0.25, 0.3) is 0 Å². The lowest BCUT2D eigenvalue weighted by molar-refractivity contribution is -0.269. The smallest absolute Gasteiger partial charge is 0.335 e. The molecule has 1 aliphatic carbocycles. The number of rotatable bonds is 8. The van der Waals surface area contributed by atoms with Crippen molar-refractivity contribution in [2.24, 2.45) is 23.7 Å². The predicted octanol–water partition coefficient (Wildman–Crippen LogP) is 1.89. The van der Waals surface area contributed by atoms with Gasteiger partial charge in [-0.2, -0.15) is 0 Å². The van der Waals surface area contributed by atoms with E-state index >= 15 is 0 Å². The maximum atomic E-state index is 13.2. The van der Waals surface area contributed by atoms with E-state index in [9.17, 15) is 29.7 Å². The molecule has 1 heterocycles. The lowest BCUT2D eigenvalue weighted by Crippen LogP contribution is -2.58. The number of carbonyl (C=O) groups is 3. The molecule has 1 aromatic rings. The molecule has 9 heteroatoms. The van der Waals surface area contributed by atoms with E-state index < -0.39 is 48.5 Å². The molecule has 0 bridgehead atoms. The van der Waals surface area contributed by atoms with Crippen LogP contribution in [-0.4, -0.2) is 63.8 Å². The Morgan fingerprint density at radius 1 is 1.06 bits per heavy atom. The number of carboxylic acids is 1. The Morgan fingerprint density at radius 2 is 1.69 bits per heavy atom. The SMILES string of the molecule is CC(C)C1CCC(C(=O)N[C@H](Cc2ccccc2)C(=O)O[C@H]2O[C@@H](C(=O)O)[C@H](O)[C@@H](O)[C@H]2C)CC1. The van der Waals surface area contributed by atoms with Crippen LogP contribution in [0, 0.1) is 23.7 Å². The zero-order chi connectivity index (χ0) is 25.7. The monoisotopic (exact) mass is 491 g/mol. The molecule has 0 radical (unpaired) electrons. The van der Waals surface area contributed by atoms with Gasteiger partial charge in [0, 0.05) is 18.3 Å². The number of hydrogen-bond acceptors (Lipinski definition) is 7. The Bertz CT molecular complexity index is 867. The fraction of sp³-hybridized carbons (Fsp3) is 0.654. The van der Waals surface area contributed by atoms with Gasteiger partial charge in [0.15, 0.2) is 6.10 Å². The Kier molecular flexibility index (Phi) is 9.27. The fourth-order valence-electron chi connectivity index (χ4n) is 4.92. The second-order valence-corrected chi connectivity index (χ2v) is 10.1. The molecule has 3 rings (SSSR count). The summed E-state index contributed by atoms with van der Waals surface area (Å²) in [4.78, 5) is 37.7. The van der Waals surface area contributed by atoms with Crippen LogP contribution < -0.4 is 5.32 Å². The molecule has 1 saturated carbocycles. The molecule has 0 spiro atoms. The minimum absolute atomic E-state index is 0.182. The van der Waals surface area contributed by atoms with Crippen LogP contribution in [-0.2, 0) is 30.3 Å². The van der Waals surface area contributed by atoms with Crippen LogP contribution in [0.4, 0.5) is 0 Å². The minimum Gasteiger partial charge on any atom is -0.479 e. The van der Waals surface area contributed by atoms with Crippen LogP contribution >= 0.6 is 0 Å². The predicted molar refractivity (Wildman–Crippen MR) is 126 cm³/mol. The summed E-state index contributed by atoms with van der Waals surface area (Å²) in [7, 11) is 0. The van der Waals surface area contributed by atoms with Gasteiger partial charge < -0.3 is 30.1 Å². The zero-order valence-electron chi connectivity index (χ0n) is 20.5. The summed E-state index contributed by atoms with van der Waals surface area (Å²) in [5, 5.41) is 32.4. The molecule has 9 nitrogen and oxygen atoms in total. The first-order valence-corrected chi connectivity index (χ1v) is 12.4. The van der Waals surface area contributed by atoms with E-state index in [1.807, 2.05) is 30.3 Å². The molecule has 0 unspecified atom stereocenters. The van der Waals surface area contributed by atoms with Crippen molar-refractivity contribution in [1.29, 1.82) is 0 Å². The van der Waals surface area contributed by atoms with E-state index in [2.05, 4.69) is 19.2 Å². The molecule has 2 fully saturated rings. The number of hydrogen-bond donors (Lipinski definition) is 4. The Hall–Kier alpha value is -2.49. The van der Waals surface area contributed by atoms with Gasteiger partial charge in [-0.05, 0) is 43.1 Å². The normalized spacial score (nSPS) is 32.0. The lowest BCUT2D eigenvalue weighted by Gasteiger charge is -2.39. The van der Waals surface area contributed by atoms with Gasteiger partial charge in [-0.15, -0.1) is 0 Å². The van der Waals surface area contributed by atoms with Gasteiger partial charge in [-0.25, -0.2) is 9.59 Å². The van der Waals surface area contributed by atoms with Crippen molar-refractivity contribution >= 4 is 17.8 Å². The van der Waals surface area contributed by atoms with Gasteiger partial charge in [-0.3, -0.25) is 4.79 Å². The highest BCUT2D eigenvalue weighted by atomic mass is 16.7. The average Bonchev–Trinajstić information content (AvgIpc) is 2.84. The summed E-state index contributed by atoms with van der Waals surface area (Å²) in [5.41, 5.74) is 0.815. The maximum absolute atomic E-state index is 13.2. The van der Waals surface area contributed by atoms with Crippen molar-refractivity contribution in [3.05, 3.63) is 35.9 Å². The molecule has 0 aromatic heterocycles. The fourth-order valence-corrected chi connectivity index (χ4v) is 4.92. The van der Waals surface area contributed by atoms with Crippen molar-refractivity contribution in [3.63, 3.8) is 0 Å². The first kappa shape index (κ1) is 27.1. The van der Waals surface area contributed by atoms with Crippen molar-refractivity contribution in [2.75, 3.05) is 0 Å². The summed E-state index contributed by atoms with van der Waals surface area (Å²) in [6.45, 7) is 5.87. The Balaban J connectivity index is 1.71. The molecular formula is C26H37NO8. The van der Waals surface area contributed by atoms with E-state index in [1.54, 1.807) is 0 Å². The minimum atomic E-state index is -1.74. The largest absolute Gasteiger partial charge is 0.479 e. The van der Waals surface area contributed by atoms with Gasteiger partial charge in [0.1, 0.15) is 12.1 Å². The molecular weight excluding hydrogens is 454 g/mol. The van der Waals surface area contributed by atoms with Crippen LogP contribution in [0.15, 0.2) is 30.3 Å². The first-order chi connectivity index (χ1) is 16.6. The summed E-state index contributed by atoms with van der Waals surface area (Å²) in [6.07, 6.45) is -2.61. The molecule has 6 atom stereocenters. The number of nitrogens with one attached hydrogen (secondary N) is 1. The van der Waals surface area contributed by atoms with Crippen LogP contribution in [0.3, 0.4) is 0 Å². The van der Waals surface area contributed by atoms with Gasteiger partial charge in [0.2, 0.25) is 12.2 Å². The molecule has 1 aliphatic heterocycles. The number of carboxylic acid groups (broad SMARTS) is 1. The third-order valence-electron chi connectivity index (χ3n) is 7.35. The number of esters is 1. The van der Waals surface area contributed by atoms with Crippen molar-refractivity contribution < 1.29 is 39.2 Å². The standard InChI is InChI=1S/C26H37NO8/c1-14(2)17-9-11-18(12-10-17)23(30)27-19(13-16-7-5-4-6-8-16)25(33)35-26-15(3)20(28)21(29)22(34-26)24(31)32/h4-8,14-15,17-22,26,28-29H,9-13H2,1-3H3,(H,27,30)(H,31,32)/t15-,17?,18?,19-,20+,21-,22-,26-/m1/s1. The Morgan fingerprint density at radius 3 is 2.26 bits per heavy atom. The van der Waals surface area contributed by atoms with E-state index in [4.69, 9.17) is 9.47 Å². The van der Waals surface area contributed by atoms with E-state index in [0.29, 0.717) is 11.8 Å². The number of amides is 1. The summed E-state index contributed by atoms with van der Waals surface area (Å²) >= 11 is 0. The highest BCUT2D eigenvalue weighted by Gasteiger charge is 2.47. The average molecular weight is 492 g/mol. The van der Waals surface area contributed by atoms with E-state index in [-0.39, 0.29) is 18.2 Å². The van der Waals surface area contributed by atoms with Gasteiger partial charge in [0.25, 0.3) is 0 Å². The zero-order valence-corrected chi connectivity index (χ0v) is 20.5. The molecule has 1 amide bonds. The molecule has 4 N–H and O–H groups in total. The third kappa shape index (κ3) is 6.80. The summed E-state index contributed by atoms with van der Waals surface area (Å²) < 4.78 is 10.8. The maximum Gasteiger partial charge on any atom is 0.335 e. The van der Waals surface area contributed by atoms with Gasteiger partial charge in [0.05, 0.1) is 6.10 Å². The highest BCUT2D eigenvalue weighted by Crippen LogP contribution is 2.33. The van der Waals surface area contributed by atoms with E-state index in [0.717, 1.165) is 31.2 Å². The number of aliphatic hydroxyl groups is 2. The molecule has 35 heavy (non-hydrogen) atoms. The summed E-state index contributed by atoms with van der Waals surface area (Å²) in [5.74, 6) is -2.36. The first-order valence-electron chi connectivity index (χ1n) is 12.4. The van der Waals surface area contributed by atoms with Crippen LogP contribution in [0.2, 0.25) is 0 Å². The van der Waals surface area contributed by atoms with Crippen molar-refractivity contribution in [1.82, 2.24) is 5.32 Å². The van der Waals surface area contributed by atoms with Crippen molar-refractivity contribution in [2.45, 2.75) is 83.5 Å². The van der Waals surface area contributed by atoms with Crippen LogP contribution in [0.5, 0.6) is 0 Å². The van der Waals surface area contributed by atoms with E-state index in [1.165, 1.54) is 6.92 Å². The Labute approximate surface area is 205 Å². The molecule has 1 aromatic carbocycles. The second-order valence-electron chi connectivity index (χ2n) is 10.1. The topological polar surface area (TPSA) is 142 Å². The number of aliphatic carboxylic acids is 1. The third-order valence-corrected chi connectivity index (χ3v) is 7.35. The molecule has 2 aliphatic rings. The van der Waals surface area contributed by atoms with Gasteiger partial charge in [-0.1, -0.05) is 51.1 Å². The number of aliphatic hydroxyl groups excluding tert-OH is 2. The van der Waals surface area contributed by atoms with Crippen molar-refractivity contribution in [3.8, 4) is 0 Å². The quantitative estimate of drug-likeness (QED) is 0.404. The highest BCUT2D eigenvalue weighted by molar-refractivity contribution is 5.86. The summed E-state index contributed by atoms with van der Waals surface area (Å²) in [6, 6.07) is 8.15. The second kappa shape index (κ2) is 12.0. The molecule has 194 valence electrons. The number of ether oxygens (including phenoxy) is 2. The number of benzene rings is 1.